The summed E-state index contributed by atoms with van der Waals surface area (Å²) >= 11 is 0. The van der Waals surface area contributed by atoms with Gasteiger partial charge in [-0.1, -0.05) is 18.2 Å². The van der Waals surface area contributed by atoms with E-state index in [9.17, 15) is 4.79 Å². The van der Waals surface area contributed by atoms with E-state index in [0.29, 0.717) is 24.5 Å². The van der Waals surface area contributed by atoms with Gasteiger partial charge in [0.2, 0.25) is 0 Å². The van der Waals surface area contributed by atoms with Crippen LogP contribution < -0.4 is 9.47 Å². The van der Waals surface area contributed by atoms with Crippen LogP contribution in [-0.4, -0.2) is 24.0 Å². The minimum absolute atomic E-state index is 0.0805. The molecular formula is C26H23NO4. The van der Waals surface area contributed by atoms with E-state index in [2.05, 4.69) is 4.98 Å². The maximum atomic E-state index is 12.2. The minimum atomic E-state index is -0.0805. The van der Waals surface area contributed by atoms with Crippen LogP contribution in [0, 0.1) is 0 Å². The first-order chi connectivity index (χ1) is 15.3. The second-order valence-corrected chi connectivity index (χ2v) is 6.97. The molecule has 0 saturated carbocycles. The number of ether oxygens (including phenoxy) is 2. The van der Waals surface area contributed by atoms with Gasteiger partial charge in [0.25, 0.3) is 0 Å². The Morgan fingerprint density at radius 3 is 2.52 bits per heavy atom. The second kappa shape index (κ2) is 10.3. The van der Waals surface area contributed by atoms with E-state index in [1.807, 2.05) is 42.5 Å². The molecule has 0 aliphatic rings. The van der Waals surface area contributed by atoms with Gasteiger partial charge in [-0.3, -0.25) is 9.78 Å². The maximum Gasteiger partial charge on any atom is 0.185 e. The lowest BCUT2D eigenvalue weighted by Gasteiger charge is -2.09. The van der Waals surface area contributed by atoms with E-state index in [-0.39, 0.29) is 5.78 Å². The number of fused-ring (bicyclic) bond motifs is 1. The van der Waals surface area contributed by atoms with Gasteiger partial charge in [0.15, 0.2) is 5.78 Å². The van der Waals surface area contributed by atoms with Crippen LogP contribution in [0.5, 0.6) is 11.5 Å². The number of hydrogen-bond acceptors (Lipinski definition) is 5. The number of furan rings is 1. The molecule has 0 spiro atoms. The molecule has 0 amide bonds. The monoisotopic (exact) mass is 413 g/mol. The van der Waals surface area contributed by atoms with E-state index in [0.717, 1.165) is 35.2 Å². The highest BCUT2D eigenvalue weighted by atomic mass is 16.5. The SMILES string of the molecule is O=C(/C=C/c1ccco1)c1ccc(OCCCCOc2cccc3cccnc23)cc1. The number of carbonyl (C=O) groups excluding carboxylic acids is 1. The van der Waals surface area contributed by atoms with Crippen molar-refractivity contribution in [3.63, 3.8) is 0 Å². The molecule has 5 heteroatoms. The second-order valence-electron chi connectivity index (χ2n) is 6.97. The first kappa shape index (κ1) is 20.4. The largest absolute Gasteiger partial charge is 0.494 e. The van der Waals surface area contributed by atoms with Gasteiger partial charge in [-0.25, -0.2) is 0 Å². The van der Waals surface area contributed by atoms with Crippen LogP contribution in [0.3, 0.4) is 0 Å². The van der Waals surface area contributed by atoms with Gasteiger partial charge in [-0.15, -0.1) is 0 Å². The lowest BCUT2D eigenvalue weighted by molar-refractivity contribution is 0.104. The summed E-state index contributed by atoms with van der Waals surface area (Å²) in [4.78, 5) is 16.6. The van der Waals surface area contributed by atoms with Crippen molar-refractivity contribution in [2.45, 2.75) is 12.8 Å². The molecule has 0 N–H and O–H groups in total. The summed E-state index contributed by atoms with van der Waals surface area (Å²) in [6.07, 6.45) is 8.24. The molecular weight excluding hydrogens is 390 g/mol. The van der Waals surface area contributed by atoms with Crippen molar-refractivity contribution in [2.75, 3.05) is 13.2 Å². The fourth-order valence-electron chi connectivity index (χ4n) is 3.12. The highest BCUT2D eigenvalue weighted by Gasteiger charge is 2.04. The van der Waals surface area contributed by atoms with Crippen molar-refractivity contribution in [2.24, 2.45) is 0 Å². The predicted octanol–water partition coefficient (Wildman–Crippen LogP) is 5.96. The Morgan fingerprint density at radius 2 is 1.71 bits per heavy atom. The van der Waals surface area contributed by atoms with Crippen LogP contribution in [0.25, 0.3) is 17.0 Å². The number of rotatable bonds is 10. The third-order valence-corrected chi connectivity index (χ3v) is 4.74. The Morgan fingerprint density at radius 1 is 0.903 bits per heavy atom. The summed E-state index contributed by atoms with van der Waals surface area (Å²) in [5.41, 5.74) is 1.49. The Bertz CT molecular complexity index is 1140. The van der Waals surface area contributed by atoms with Crippen LogP contribution in [-0.2, 0) is 0 Å². The van der Waals surface area contributed by atoms with E-state index < -0.39 is 0 Å². The predicted molar refractivity (Wildman–Crippen MR) is 120 cm³/mol. The lowest BCUT2D eigenvalue weighted by Crippen LogP contribution is -2.03. The number of pyridine rings is 1. The molecule has 0 atom stereocenters. The Hall–Kier alpha value is -3.86. The summed E-state index contributed by atoms with van der Waals surface area (Å²) < 4.78 is 16.8. The van der Waals surface area contributed by atoms with Crippen molar-refractivity contribution in [1.29, 1.82) is 0 Å². The van der Waals surface area contributed by atoms with Crippen LogP contribution in [0.4, 0.5) is 0 Å². The molecule has 5 nitrogen and oxygen atoms in total. The standard InChI is InChI=1S/C26H23NO4/c28-24(15-14-22-8-5-19-30-22)20-10-12-23(13-11-20)29-17-1-2-18-31-25-9-3-6-21-7-4-16-27-26(21)25/h3-16,19H,1-2,17-18H2/b15-14+. The number of carbonyl (C=O) groups is 1. The molecule has 0 radical (unpaired) electrons. The number of aromatic nitrogens is 1. The molecule has 31 heavy (non-hydrogen) atoms. The zero-order chi connectivity index (χ0) is 21.3. The molecule has 0 bridgehead atoms. The highest BCUT2D eigenvalue weighted by molar-refractivity contribution is 6.06. The highest BCUT2D eigenvalue weighted by Crippen LogP contribution is 2.23. The summed E-state index contributed by atoms with van der Waals surface area (Å²) in [5, 5.41) is 1.07. The van der Waals surface area contributed by atoms with Gasteiger partial charge < -0.3 is 13.9 Å². The first-order valence-electron chi connectivity index (χ1n) is 10.2. The topological polar surface area (TPSA) is 61.6 Å². The van der Waals surface area contributed by atoms with Gasteiger partial charge in [0, 0.05) is 17.1 Å². The van der Waals surface area contributed by atoms with Gasteiger partial charge in [0.1, 0.15) is 22.8 Å². The molecule has 4 aromatic rings. The van der Waals surface area contributed by atoms with Gasteiger partial charge in [0.05, 0.1) is 19.5 Å². The third kappa shape index (κ3) is 5.60. The van der Waals surface area contributed by atoms with E-state index in [1.165, 1.54) is 6.08 Å². The number of hydrogen-bond donors (Lipinski definition) is 0. The van der Waals surface area contributed by atoms with Gasteiger partial charge in [-0.05, 0) is 73.5 Å². The van der Waals surface area contributed by atoms with Gasteiger partial charge in [-0.2, -0.15) is 0 Å². The number of ketones is 1. The average molecular weight is 413 g/mol. The fraction of sp³-hybridized carbons (Fsp3) is 0.154. The molecule has 0 aliphatic carbocycles. The summed E-state index contributed by atoms with van der Waals surface area (Å²) in [7, 11) is 0. The number of benzene rings is 2. The zero-order valence-electron chi connectivity index (χ0n) is 17.1. The Kier molecular flexibility index (Phi) is 6.75. The number of allylic oxidation sites excluding steroid dienone is 1. The molecule has 2 heterocycles. The summed E-state index contributed by atoms with van der Waals surface area (Å²) in [6.45, 7) is 1.19. The smallest absolute Gasteiger partial charge is 0.185 e. The minimum Gasteiger partial charge on any atom is -0.494 e. The van der Waals surface area contributed by atoms with E-state index in [4.69, 9.17) is 13.9 Å². The number of unbranched alkanes of at least 4 members (excludes halogenated alkanes) is 1. The molecule has 2 aromatic heterocycles. The van der Waals surface area contributed by atoms with Crippen LogP contribution in [0.2, 0.25) is 0 Å². The van der Waals surface area contributed by atoms with Crippen molar-refractivity contribution in [3.8, 4) is 11.5 Å². The normalized spacial score (nSPS) is 11.1. The van der Waals surface area contributed by atoms with E-state index in [1.54, 1.807) is 42.8 Å². The van der Waals surface area contributed by atoms with Gasteiger partial charge >= 0.3 is 0 Å². The molecule has 0 unspecified atom stereocenters. The molecule has 2 aromatic carbocycles. The third-order valence-electron chi connectivity index (χ3n) is 4.74. The molecule has 0 fully saturated rings. The maximum absolute atomic E-state index is 12.2. The number of nitrogens with zero attached hydrogens (tertiary/aromatic N) is 1. The summed E-state index contributed by atoms with van der Waals surface area (Å²) in [6, 6.07) is 20.6. The Labute approximate surface area is 180 Å². The number of para-hydroxylation sites is 1. The van der Waals surface area contributed by atoms with Crippen molar-refractivity contribution in [1.82, 2.24) is 4.98 Å². The van der Waals surface area contributed by atoms with Crippen LogP contribution in [0.15, 0.2) is 89.7 Å². The molecule has 0 saturated heterocycles. The van der Waals surface area contributed by atoms with Crippen molar-refractivity contribution >= 4 is 22.8 Å². The Balaban J connectivity index is 1.18. The molecule has 4 rings (SSSR count). The van der Waals surface area contributed by atoms with Crippen molar-refractivity contribution in [3.05, 3.63) is 96.6 Å². The van der Waals surface area contributed by atoms with E-state index >= 15 is 0 Å². The first-order valence-corrected chi connectivity index (χ1v) is 10.2. The van der Waals surface area contributed by atoms with Crippen molar-refractivity contribution < 1.29 is 18.7 Å². The van der Waals surface area contributed by atoms with Crippen LogP contribution in [0.1, 0.15) is 29.0 Å². The lowest BCUT2D eigenvalue weighted by atomic mass is 10.1. The molecule has 156 valence electrons. The quantitative estimate of drug-likeness (QED) is 0.182. The molecule has 0 aliphatic heterocycles. The average Bonchev–Trinajstić information content (AvgIpc) is 3.34. The summed E-state index contributed by atoms with van der Waals surface area (Å²) in [5.74, 6) is 2.11. The van der Waals surface area contributed by atoms with Crippen LogP contribution >= 0.6 is 0 Å². The zero-order valence-corrected chi connectivity index (χ0v) is 17.1. The fourth-order valence-corrected chi connectivity index (χ4v) is 3.12.